The van der Waals surface area contributed by atoms with Crippen LogP contribution in [-0.4, -0.2) is 39.8 Å². The maximum absolute atomic E-state index is 12.0. The van der Waals surface area contributed by atoms with E-state index < -0.39 is 11.7 Å². The molecule has 23 heavy (non-hydrogen) atoms. The molecular formula is C18H30N2O3. The molecule has 0 spiro atoms. The first-order valence-corrected chi connectivity index (χ1v) is 8.43. The van der Waals surface area contributed by atoms with Crippen LogP contribution < -0.4 is 0 Å². The minimum Gasteiger partial charge on any atom is -0.444 e. The van der Waals surface area contributed by atoms with Crippen LogP contribution in [0.2, 0.25) is 0 Å². The molecule has 1 amide bonds. The van der Waals surface area contributed by atoms with Gasteiger partial charge in [-0.05, 0) is 57.2 Å². The van der Waals surface area contributed by atoms with Crippen molar-refractivity contribution in [2.24, 2.45) is 5.92 Å². The number of aromatic nitrogens is 1. The Kier molecular flexibility index (Phi) is 7.49. The summed E-state index contributed by atoms with van der Waals surface area (Å²) in [6, 6.07) is 3.68. The van der Waals surface area contributed by atoms with Gasteiger partial charge in [0.05, 0.1) is 6.10 Å². The van der Waals surface area contributed by atoms with Crippen molar-refractivity contribution in [2.45, 2.75) is 59.2 Å². The van der Waals surface area contributed by atoms with Gasteiger partial charge in [0.25, 0.3) is 0 Å². The number of hydrogen-bond acceptors (Lipinski definition) is 4. The van der Waals surface area contributed by atoms with E-state index in [1.807, 2.05) is 46.8 Å². The number of carbonyl (C=O) groups is 1. The fourth-order valence-corrected chi connectivity index (χ4v) is 2.56. The number of nitrogens with zero attached hydrogens (tertiary/aromatic N) is 2. The fraction of sp³-hybridized carbons (Fsp3) is 0.667. The molecule has 1 unspecified atom stereocenters. The summed E-state index contributed by atoms with van der Waals surface area (Å²) < 4.78 is 5.37. The lowest BCUT2D eigenvalue weighted by molar-refractivity contribution is 0.00766. The fourth-order valence-electron chi connectivity index (χ4n) is 2.56. The SMILES string of the molecule is CC.CC(C)(C)OC(=O)N1CCC(C(O)c2ccncc2)CC1. The zero-order chi connectivity index (χ0) is 17.5. The Morgan fingerprint density at radius 1 is 1.26 bits per heavy atom. The Balaban J connectivity index is 0.00000127. The monoisotopic (exact) mass is 322 g/mol. The van der Waals surface area contributed by atoms with E-state index in [0.717, 1.165) is 18.4 Å². The number of amides is 1. The van der Waals surface area contributed by atoms with Crippen LogP contribution in [0.4, 0.5) is 4.79 Å². The third kappa shape index (κ3) is 6.18. The summed E-state index contributed by atoms with van der Waals surface area (Å²) in [7, 11) is 0. The average Bonchev–Trinajstić information content (AvgIpc) is 2.55. The van der Waals surface area contributed by atoms with Gasteiger partial charge in [-0.3, -0.25) is 4.98 Å². The van der Waals surface area contributed by atoms with Crippen LogP contribution in [0.1, 0.15) is 59.1 Å². The van der Waals surface area contributed by atoms with E-state index in [1.165, 1.54) is 0 Å². The molecule has 5 heteroatoms. The normalized spacial score (nSPS) is 17.0. The summed E-state index contributed by atoms with van der Waals surface area (Å²) in [5, 5.41) is 10.4. The van der Waals surface area contributed by atoms with Crippen molar-refractivity contribution in [2.75, 3.05) is 13.1 Å². The van der Waals surface area contributed by atoms with E-state index >= 15 is 0 Å². The largest absolute Gasteiger partial charge is 0.444 e. The van der Waals surface area contributed by atoms with Crippen molar-refractivity contribution < 1.29 is 14.6 Å². The first kappa shape index (κ1) is 19.4. The smallest absolute Gasteiger partial charge is 0.410 e. The van der Waals surface area contributed by atoms with Crippen molar-refractivity contribution in [3.05, 3.63) is 30.1 Å². The maximum Gasteiger partial charge on any atom is 0.410 e. The Morgan fingerprint density at radius 2 is 1.78 bits per heavy atom. The quantitative estimate of drug-likeness (QED) is 0.900. The van der Waals surface area contributed by atoms with E-state index in [0.29, 0.717) is 13.1 Å². The molecule has 130 valence electrons. The molecule has 0 saturated carbocycles. The molecule has 5 nitrogen and oxygen atoms in total. The minimum atomic E-state index is -0.492. The van der Waals surface area contributed by atoms with Gasteiger partial charge in [-0.2, -0.15) is 0 Å². The van der Waals surface area contributed by atoms with Crippen LogP contribution >= 0.6 is 0 Å². The highest BCUT2D eigenvalue weighted by atomic mass is 16.6. The van der Waals surface area contributed by atoms with Gasteiger partial charge in [-0.25, -0.2) is 4.79 Å². The maximum atomic E-state index is 12.0. The van der Waals surface area contributed by atoms with Gasteiger partial charge in [0.1, 0.15) is 5.60 Å². The molecular weight excluding hydrogens is 292 g/mol. The molecule has 2 heterocycles. The highest BCUT2D eigenvalue weighted by Gasteiger charge is 2.30. The number of ether oxygens (including phenoxy) is 1. The van der Waals surface area contributed by atoms with E-state index in [9.17, 15) is 9.90 Å². The summed E-state index contributed by atoms with van der Waals surface area (Å²) >= 11 is 0. The van der Waals surface area contributed by atoms with Crippen LogP contribution in [0.15, 0.2) is 24.5 Å². The van der Waals surface area contributed by atoms with Crippen molar-refractivity contribution in [1.29, 1.82) is 0 Å². The van der Waals surface area contributed by atoms with E-state index in [4.69, 9.17) is 4.74 Å². The molecule has 0 aromatic carbocycles. The number of likely N-dealkylation sites (tertiary alicyclic amines) is 1. The van der Waals surface area contributed by atoms with Crippen molar-refractivity contribution >= 4 is 6.09 Å². The Hall–Kier alpha value is -1.62. The van der Waals surface area contributed by atoms with Gasteiger partial charge in [-0.15, -0.1) is 0 Å². The molecule has 1 saturated heterocycles. The number of pyridine rings is 1. The molecule has 0 radical (unpaired) electrons. The van der Waals surface area contributed by atoms with Crippen LogP contribution in [0.5, 0.6) is 0 Å². The second-order valence-electron chi connectivity index (χ2n) is 6.53. The number of rotatable bonds is 2. The summed E-state index contributed by atoms with van der Waals surface area (Å²) in [5.74, 6) is 0.172. The van der Waals surface area contributed by atoms with Gasteiger partial charge in [0.2, 0.25) is 0 Å². The summed E-state index contributed by atoms with van der Waals surface area (Å²) in [6.45, 7) is 10.9. The number of carbonyl (C=O) groups excluding carboxylic acids is 1. The zero-order valence-electron chi connectivity index (χ0n) is 15.0. The highest BCUT2D eigenvalue weighted by molar-refractivity contribution is 5.68. The predicted octanol–water partition coefficient (Wildman–Crippen LogP) is 3.79. The van der Waals surface area contributed by atoms with Crippen LogP contribution in [0.3, 0.4) is 0 Å². The van der Waals surface area contributed by atoms with Gasteiger partial charge >= 0.3 is 6.09 Å². The van der Waals surface area contributed by atoms with Gasteiger partial charge in [0, 0.05) is 25.5 Å². The topological polar surface area (TPSA) is 62.7 Å². The number of aliphatic hydroxyl groups is 1. The third-order valence-electron chi connectivity index (χ3n) is 3.69. The van der Waals surface area contributed by atoms with Crippen LogP contribution in [0.25, 0.3) is 0 Å². The van der Waals surface area contributed by atoms with Crippen molar-refractivity contribution in [3.8, 4) is 0 Å². The summed E-state index contributed by atoms with van der Waals surface area (Å²) in [4.78, 5) is 17.7. The lowest BCUT2D eigenvalue weighted by atomic mass is 9.88. The first-order chi connectivity index (χ1) is 10.9. The standard InChI is InChI=1S/C16H24N2O3.C2H6/c1-16(2,3)21-15(20)18-10-6-13(7-11-18)14(19)12-4-8-17-9-5-12;1-2/h4-5,8-9,13-14,19H,6-7,10-11H2,1-3H3;1-2H3. The van der Waals surface area contributed by atoms with Crippen molar-refractivity contribution in [1.82, 2.24) is 9.88 Å². The van der Waals surface area contributed by atoms with Gasteiger partial charge < -0.3 is 14.7 Å². The third-order valence-corrected chi connectivity index (χ3v) is 3.69. The number of hydrogen-bond donors (Lipinski definition) is 1. The molecule has 0 aliphatic carbocycles. The molecule has 1 aliphatic heterocycles. The van der Waals surface area contributed by atoms with E-state index in [1.54, 1.807) is 17.3 Å². The molecule has 1 N–H and O–H groups in total. The van der Waals surface area contributed by atoms with Crippen LogP contribution in [0, 0.1) is 5.92 Å². The summed E-state index contributed by atoms with van der Waals surface area (Å²) in [6.07, 6.45) is 4.18. The highest BCUT2D eigenvalue weighted by Crippen LogP contribution is 2.30. The molecule has 1 aromatic rings. The number of piperidine rings is 1. The molecule has 2 rings (SSSR count). The van der Waals surface area contributed by atoms with Gasteiger partial charge in [0.15, 0.2) is 0 Å². The molecule has 1 aliphatic rings. The number of aliphatic hydroxyl groups excluding tert-OH is 1. The second kappa shape index (κ2) is 8.87. The minimum absolute atomic E-state index is 0.172. The molecule has 1 fully saturated rings. The molecule has 0 bridgehead atoms. The van der Waals surface area contributed by atoms with Crippen LogP contribution in [-0.2, 0) is 4.74 Å². The molecule has 1 aromatic heterocycles. The average molecular weight is 322 g/mol. The first-order valence-electron chi connectivity index (χ1n) is 8.43. The summed E-state index contributed by atoms with van der Waals surface area (Å²) in [5.41, 5.74) is 0.422. The predicted molar refractivity (Wildman–Crippen MR) is 91.1 cm³/mol. The van der Waals surface area contributed by atoms with Gasteiger partial charge in [-0.1, -0.05) is 13.8 Å². The van der Waals surface area contributed by atoms with E-state index in [2.05, 4.69) is 4.98 Å². The molecule has 1 atom stereocenters. The zero-order valence-corrected chi connectivity index (χ0v) is 15.0. The Labute approximate surface area is 139 Å². The Morgan fingerprint density at radius 3 is 2.26 bits per heavy atom. The lowest BCUT2D eigenvalue weighted by Gasteiger charge is -2.35. The van der Waals surface area contributed by atoms with E-state index in [-0.39, 0.29) is 12.0 Å². The Bertz CT molecular complexity index is 463. The van der Waals surface area contributed by atoms with Crippen molar-refractivity contribution in [3.63, 3.8) is 0 Å². The lowest BCUT2D eigenvalue weighted by Crippen LogP contribution is -2.42. The second-order valence-corrected chi connectivity index (χ2v) is 6.53.